The van der Waals surface area contributed by atoms with Crippen molar-refractivity contribution in [2.24, 2.45) is 5.92 Å². The SMILES string of the molecule is CC(C)C(=O)NS(=O)(=O)c1ccc(Br)cc1. The molecule has 0 aliphatic heterocycles. The lowest BCUT2D eigenvalue weighted by Gasteiger charge is -2.08. The number of carbonyl (C=O) groups excluding carboxylic acids is 1. The average molecular weight is 306 g/mol. The van der Waals surface area contributed by atoms with Gasteiger partial charge in [0.2, 0.25) is 5.91 Å². The van der Waals surface area contributed by atoms with E-state index in [4.69, 9.17) is 0 Å². The Hall–Kier alpha value is -0.880. The number of sulfonamides is 1. The molecule has 0 saturated heterocycles. The minimum Gasteiger partial charge on any atom is -0.274 e. The van der Waals surface area contributed by atoms with Gasteiger partial charge in [0.25, 0.3) is 10.0 Å². The molecule has 0 aliphatic rings. The molecule has 0 aliphatic carbocycles. The molecule has 0 atom stereocenters. The van der Waals surface area contributed by atoms with Gasteiger partial charge in [-0.15, -0.1) is 0 Å². The van der Waals surface area contributed by atoms with Gasteiger partial charge in [0, 0.05) is 10.4 Å². The van der Waals surface area contributed by atoms with Crippen LogP contribution >= 0.6 is 15.9 Å². The molecular formula is C10H12BrNO3S. The number of hydrogen-bond acceptors (Lipinski definition) is 3. The molecule has 6 heteroatoms. The van der Waals surface area contributed by atoms with Gasteiger partial charge in [-0.3, -0.25) is 4.79 Å². The van der Waals surface area contributed by atoms with Crippen molar-refractivity contribution >= 4 is 31.9 Å². The topological polar surface area (TPSA) is 63.2 Å². The number of hydrogen-bond donors (Lipinski definition) is 1. The molecule has 1 aromatic carbocycles. The van der Waals surface area contributed by atoms with Crippen LogP contribution in [0.1, 0.15) is 13.8 Å². The fraction of sp³-hybridized carbons (Fsp3) is 0.300. The molecule has 88 valence electrons. The number of amides is 1. The maximum Gasteiger partial charge on any atom is 0.264 e. The molecule has 4 nitrogen and oxygen atoms in total. The minimum atomic E-state index is -3.74. The molecule has 0 radical (unpaired) electrons. The van der Waals surface area contributed by atoms with Crippen LogP contribution in [0.4, 0.5) is 0 Å². The van der Waals surface area contributed by atoms with Gasteiger partial charge in [0.15, 0.2) is 0 Å². The second-order valence-corrected chi connectivity index (χ2v) is 6.18. The Bertz CT molecular complexity index is 479. The molecule has 16 heavy (non-hydrogen) atoms. The summed E-state index contributed by atoms with van der Waals surface area (Å²) in [6, 6.07) is 6.07. The van der Waals surface area contributed by atoms with Crippen molar-refractivity contribution in [3.8, 4) is 0 Å². The molecule has 0 spiro atoms. The van der Waals surface area contributed by atoms with Crippen molar-refractivity contribution in [2.45, 2.75) is 18.7 Å². The highest BCUT2D eigenvalue weighted by Crippen LogP contribution is 2.14. The predicted molar refractivity (Wildman–Crippen MR) is 64.3 cm³/mol. The van der Waals surface area contributed by atoms with Gasteiger partial charge in [-0.1, -0.05) is 29.8 Å². The lowest BCUT2D eigenvalue weighted by Crippen LogP contribution is -2.33. The van der Waals surface area contributed by atoms with E-state index in [9.17, 15) is 13.2 Å². The van der Waals surface area contributed by atoms with Crippen LogP contribution < -0.4 is 4.72 Å². The fourth-order valence-electron chi connectivity index (χ4n) is 0.923. The van der Waals surface area contributed by atoms with Crippen LogP contribution in [0.15, 0.2) is 33.6 Å². The van der Waals surface area contributed by atoms with Crippen molar-refractivity contribution in [3.05, 3.63) is 28.7 Å². The van der Waals surface area contributed by atoms with E-state index in [2.05, 4.69) is 15.9 Å². The van der Waals surface area contributed by atoms with Crippen molar-refractivity contribution in [1.82, 2.24) is 4.72 Å². The average Bonchev–Trinajstić information content (AvgIpc) is 2.17. The van der Waals surface area contributed by atoms with Gasteiger partial charge < -0.3 is 0 Å². The van der Waals surface area contributed by atoms with Crippen LogP contribution in [0.2, 0.25) is 0 Å². The van der Waals surface area contributed by atoms with Crippen molar-refractivity contribution in [3.63, 3.8) is 0 Å². The Kier molecular flexibility index (Phi) is 4.09. The highest BCUT2D eigenvalue weighted by molar-refractivity contribution is 9.10. The molecule has 0 aromatic heterocycles. The van der Waals surface area contributed by atoms with Crippen LogP contribution in [-0.2, 0) is 14.8 Å². The fourth-order valence-corrected chi connectivity index (χ4v) is 2.30. The smallest absolute Gasteiger partial charge is 0.264 e. The van der Waals surface area contributed by atoms with Crippen molar-refractivity contribution in [2.75, 3.05) is 0 Å². The summed E-state index contributed by atoms with van der Waals surface area (Å²) in [5.41, 5.74) is 0. The zero-order chi connectivity index (χ0) is 12.3. The summed E-state index contributed by atoms with van der Waals surface area (Å²) in [4.78, 5) is 11.4. The Morgan fingerprint density at radius 1 is 1.25 bits per heavy atom. The zero-order valence-corrected chi connectivity index (χ0v) is 11.3. The van der Waals surface area contributed by atoms with E-state index in [-0.39, 0.29) is 10.8 Å². The molecule has 1 aromatic rings. The molecule has 0 fully saturated rings. The third-order valence-electron chi connectivity index (χ3n) is 1.88. The lowest BCUT2D eigenvalue weighted by atomic mass is 10.2. The molecule has 0 heterocycles. The van der Waals surface area contributed by atoms with E-state index < -0.39 is 15.9 Å². The summed E-state index contributed by atoms with van der Waals surface area (Å²) in [6.07, 6.45) is 0. The van der Waals surface area contributed by atoms with Crippen LogP contribution in [-0.4, -0.2) is 14.3 Å². The van der Waals surface area contributed by atoms with Crippen molar-refractivity contribution in [1.29, 1.82) is 0 Å². The normalized spacial score (nSPS) is 11.5. The molecule has 1 rings (SSSR count). The lowest BCUT2D eigenvalue weighted by molar-refractivity contribution is -0.122. The first-order chi connectivity index (χ1) is 7.33. The third-order valence-corrected chi connectivity index (χ3v) is 3.77. The first-order valence-corrected chi connectivity index (χ1v) is 6.93. The van der Waals surface area contributed by atoms with Crippen LogP contribution in [0.5, 0.6) is 0 Å². The van der Waals surface area contributed by atoms with E-state index in [1.54, 1.807) is 26.0 Å². The van der Waals surface area contributed by atoms with E-state index in [0.717, 1.165) is 4.47 Å². The van der Waals surface area contributed by atoms with E-state index in [0.29, 0.717) is 0 Å². The van der Waals surface area contributed by atoms with Crippen LogP contribution in [0, 0.1) is 5.92 Å². The second kappa shape index (κ2) is 4.97. The molecule has 0 bridgehead atoms. The van der Waals surface area contributed by atoms with Gasteiger partial charge >= 0.3 is 0 Å². The van der Waals surface area contributed by atoms with Gasteiger partial charge in [-0.05, 0) is 24.3 Å². The number of halogens is 1. The largest absolute Gasteiger partial charge is 0.274 e. The van der Waals surface area contributed by atoms with Crippen LogP contribution in [0.3, 0.4) is 0 Å². The van der Waals surface area contributed by atoms with Gasteiger partial charge in [-0.2, -0.15) is 0 Å². The Labute approximate surface area is 103 Å². The van der Waals surface area contributed by atoms with Crippen molar-refractivity contribution < 1.29 is 13.2 Å². The zero-order valence-electron chi connectivity index (χ0n) is 8.90. The summed E-state index contributed by atoms with van der Waals surface area (Å²) in [5.74, 6) is -0.881. The summed E-state index contributed by atoms with van der Waals surface area (Å²) >= 11 is 3.20. The Morgan fingerprint density at radius 2 is 1.75 bits per heavy atom. The summed E-state index contributed by atoms with van der Waals surface area (Å²) in [7, 11) is -3.74. The highest BCUT2D eigenvalue weighted by Gasteiger charge is 2.18. The third kappa shape index (κ3) is 3.31. The molecular weight excluding hydrogens is 294 g/mol. The quantitative estimate of drug-likeness (QED) is 0.928. The van der Waals surface area contributed by atoms with E-state index in [1.807, 2.05) is 4.72 Å². The molecule has 1 amide bonds. The van der Waals surface area contributed by atoms with E-state index >= 15 is 0 Å². The Morgan fingerprint density at radius 3 is 2.19 bits per heavy atom. The number of carbonyl (C=O) groups is 1. The monoisotopic (exact) mass is 305 g/mol. The molecule has 0 unspecified atom stereocenters. The standard InChI is InChI=1S/C10H12BrNO3S/c1-7(2)10(13)12-16(14,15)9-5-3-8(11)4-6-9/h3-7H,1-2H3,(H,12,13). The first kappa shape index (κ1) is 13.2. The maximum atomic E-state index is 11.7. The predicted octanol–water partition coefficient (Wildman–Crippen LogP) is 1.91. The van der Waals surface area contributed by atoms with Crippen LogP contribution in [0.25, 0.3) is 0 Å². The molecule has 0 saturated carbocycles. The Balaban J connectivity index is 2.95. The second-order valence-electron chi connectivity index (χ2n) is 3.58. The number of benzene rings is 1. The summed E-state index contributed by atoms with van der Waals surface area (Å²) in [5, 5.41) is 0. The summed E-state index contributed by atoms with van der Waals surface area (Å²) < 4.78 is 26.2. The summed E-state index contributed by atoms with van der Waals surface area (Å²) in [6.45, 7) is 3.26. The molecule has 1 N–H and O–H groups in total. The van der Waals surface area contributed by atoms with Gasteiger partial charge in [0.1, 0.15) is 0 Å². The number of nitrogens with one attached hydrogen (secondary N) is 1. The van der Waals surface area contributed by atoms with Gasteiger partial charge in [-0.25, -0.2) is 13.1 Å². The first-order valence-electron chi connectivity index (χ1n) is 4.65. The number of rotatable bonds is 3. The van der Waals surface area contributed by atoms with E-state index in [1.165, 1.54) is 12.1 Å². The maximum absolute atomic E-state index is 11.7. The highest BCUT2D eigenvalue weighted by atomic mass is 79.9. The van der Waals surface area contributed by atoms with Gasteiger partial charge in [0.05, 0.1) is 4.90 Å². The minimum absolute atomic E-state index is 0.0738.